The van der Waals surface area contributed by atoms with E-state index < -0.39 is 18.1 Å². The minimum atomic E-state index is -1.24. The van der Waals surface area contributed by atoms with E-state index in [1.165, 1.54) is 0 Å². The van der Waals surface area contributed by atoms with Crippen LogP contribution in [0, 0.1) is 0 Å². The van der Waals surface area contributed by atoms with Crippen LogP contribution in [0.4, 0.5) is 0 Å². The van der Waals surface area contributed by atoms with Crippen LogP contribution in [0.1, 0.15) is 11.3 Å². The smallest absolute Gasteiger partial charge is 0.250 e. The maximum absolute atomic E-state index is 11.9. The second-order valence-corrected chi connectivity index (χ2v) is 4.84. The second-order valence-electron chi connectivity index (χ2n) is 4.84. The van der Waals surface area contributed by atoms with E-state index in [-0.39, 0.29) is 6.54 Å². The summed E-state index contributed by atoms with van der Waals surface area (Å²) in [5.41, 5.74) is 7.61. The van der Waals surface area contributed by atoms with Crippen molar-refractivity contribution in [3.05, 3.63) is 66.0 Å². The summed E-state index contributed by atoms with van der Waals surface area (Å²) in [6, 6.07) is 14.3. The van der Waals surface area contributed by atoms with Crippen LogP contribution >= 0.6 is 0 Å². The fourth-order valence-corrected chi connectivity index (χ4v) is 1.98. The Hall–Kier alpha value is -2.24. The fourth-order valence-electron chi connectivity index (χ4n) is 1.98. The molecule has 0 bridgehead atoms. The third-order valence-corrected chi connectivity index (χ3v) is 3.16. The lowest BCUT2D eigenvalue weighted by Crippen LogP contribution is -2.47. The van der Waals surface area contributed by atoms with Gasteiger partial charge in [-0.25, -0.2) is 0 Å². The van der Waals surface area contributed by atoms with Gasteiger partial charge in [-0.1, -0.05) is 36.4 Å². The number of amides is 1. The Bertz CT molecular complexity index is 560. The molecule has 1 aromatic heterocycles. The Morgan fingerprint density at radius 3 is 2.57 bits per heavy atom. The number of nitrogens with zero attached hydrogens (tertiary/aromatic N) is 1. The van der Waals surface area contributed by atoms with Crippen LogP contribution in [-0.2, 0) is 17.8 Å². The van der Waals surface area contributed by atoms with Crippen LogP contribution in [0.5, 0.6) is 0 Å². The predicted octanol–water partition coefficient (Wildman–Crippen LogP) is 0.629. The minimum absolute atomic E-state index is 0.273. The summed E-state index contributed by atoms with van der Waals surface area (Å²) in [6.45, 7) is 0.273. The molecule has 21 heavy (non-hydrogen) atoms. The van der Waals surface area contributed by atoms with Gasteiger partial charge in [0, 0.05) is 12.2 Å². The van der Waals surface area contributed by atoms with Crippen molar-refractivity contribution in [1.29, 1.82) is 0 Å². The molecule has 0 radical (unpaired) electrons. The number of nitrogens with one attached hydrogen (secondary N) is 1. The first-order valence-corrected chi connectivity index (χ1v) is 6.82. The number of pyridine rings is 1. The number of aliphatic hydroxyl groups is 1. The van der Waals surface area contributed by atoms with Crippen LogP contribution < -0.4 is 11.1 Å². The SMILES string of the molecule is N[C@H](Cc1ccccc1)[C@H](O)C(=O)NCc1ccccn1. The van der Waals surface area contributed by atoms with Gasteiger partial charge in [-0.2, -0.15) is 0 Å². The Morgan fingerprint density at radius 2 is 1.90 bits per heavy atom. The van der Waals surface area contributed by atoms with Crippen LogP contribution in [0.15, 0.2) is 54.7 Å². The molecule has 0 saturated carbocycles. The number of hydrogen-bond donors (Lipinski definition) is 3. The molecule has 0 saturated heterocycles. The number of benzene rings is 1. The largest absolute Gasteiger partial charge is 0.382 e. The molecule has 1 heterocycles. The molecule has 110 valence electrons. The van der Waals surface area contributed by atoms with Gasteiger partial charge in [0.25, 0.3) is 5.91 Å². The van der Waals surface area contributed by atoms with Gasteiger partial charge in [0.05, 0.1) is 12.2 Å². The Balaban J connectivity index is 1.84. The zero-order valence-corrected chi connectivity index (χ0v) is 11.6. The molecular formula is C16H19N3O2. The van der Waals surface area contributed by atoms with E-state index in [2.05, 4.69) is 10.3 Å². The Kier molecular flexibility index (Phi) is 5.43. The lowest BCUT2D eigenvalue weighted by Gasteiger charge is -2.18. The Labute approximate surface area is 123 Å². The van der Waals surface area contributed by atoms with Gasteiger partial charge in [0.2, 0.25) is 0 Å². The van der Waals surface area contributed by atoms with Crippen molar-refractivity contribution in [2.24, 2.45) is 5.73 Å². The average Bonchev–Trinajstić information content (AvgIpc) is 2.53. The summed E-state index contributed by atoms with van der Waals surface area (Å²) in [7, 11) is 0. The molecule has 1 aromatic carbocycles. The first kappa shape index (κ1) is 15.2. The molecule has 0 aliphatic heterocycles. The van der Waals surface area contributed by atoms with Crippen LogP contribution in [0.3, 0.4) is 0 Å². The third kappa shape index (κ3) is 4.66. The van der Waals surface area contributed by atoms with E-state index in [9.17, 15) is 9.90 Å². The van der Waals surface area contributed by atoms with E-state index in [0.717, 1.165) is 11.3 Å². The van der Waals surface area contributed by atoms with Crippen LogP contribution in [0.2, 0.25) is 0 Å². The highest BCUT2D eigenvalue weighted by atomic mass is 16.3. The molecule has 5 heteroatoms. The molecule has 0 aliphatic carbocycles. The summed E-state index contributed by atoms with van der Waals surface area (Å²) in [4.78, 5) is 16.0. The molecule has 4 N–H and O–H groups in total. The Morgan fingerprint density at radius 1 is 1.19 bits per heavy atom. The fraction of sp³-hybridized carbons (Fsp3) is 0.250. The standard InChI is InChI=1S/C16H19N3O2/c17-14(10-12-6-2-1-3-7-12)15(20)16(21)19-11-13-8-4-5-9-18-13/h1-9,14-15,20H,10-11,17H2,(H,19,21)/t14-,15+/m1/s1. The zero-order valence-electron chi connectivity index (χ0n) is 11.6. The molecule has 5 nitrogen and oxygen atoms in total. The maximum Gasteiger partial charge on any atom is 0.250 e. The van der Waals surface area contributed by atoms with Gasteiger partial charge in [0.1, 0.15) is 6.10 Å². The minimum Gasteiger partial charge on any atom is -0.382 e. The van der Waals surface area contributed by atoms with Gasteiger partial charge >= 0.3 is 0 Å². The van der Waals surface area contributed by atoms with Crippen molar-refractivity contribution < 1.29 is 9.90 Å². The van der Waals surface area contributed by atoms with E-state index >= 15 is 0 Å². The van der Waals surface area contributed by atoms with Crippen molar-refractivity contribution in [2.45, 2.75) is 25.1 Å². The van der Waals surface area contributed by atoms with Crippen molar-refractivity contribution in [2.75, 3.05) is 0 Å². The van der Waals surface area contributed by atoms with Gasteiger partial charge < -0.3 is 16.2 Å². The summed E-state index contributed by atoms with van der Waals surface area (Å²) >= 11 is 0. The number of nitrogens with two attached hydrogens (primary N) is 1. The molecule has 0 spiro atoms. The first-order chi connectivity index (χ1) is 10.2. The van der Waals surface area contributed by atoms with Gasteiger partial charge in [0.15, 0.2) is 0 Å². The number of carbonyl (C=O) groups is 1. The lowest BCUT2D eigenvalue weighted by atomic mass is 10.0. The number of rotatable bonds is 6. The number of hydrogen-bond acceptors (Lipinski definition) is 4. The highest BCUT2D eigenvalue weighted by molar-refractivity contribution is 5.81. The van der Waals surface area contributed by atoms with Crippen molar-refractivity contribution >= 4 is 5.91 Å². The van der Waals surface area contributed by atoms with E-state index in [1.807, 2.05) is 36.4 Å². The summed E-state index contributed by atoms with van der Waals surface area (Å²) in [5, 5.41) is 12.6. The number of carbonyl (C=O) groups excluding carboxylic acids is 1. The van der Waals surface area contributed by atoms with Crippen molar-refractivity contribution in [3.8, 4) is 0 Å². The van der Waals surface area contributed by atoms with E-state index in [4.69, 9.17) is 5.73 Å². The molecule has 1 amide bonds. The summed E-state index contributed by atoms with van der Waals surface area (Å²) in [5.74, 6) is -0.482. The highest BCUT2D eigenvalue weighted by Crippen LogP contribution is 2.05. The van der Waals surface area contributed by atoms with E-state index in [0.29, 0.717) is 6.42 Å². The second kappa shape index (κ2) is 7.52. The molecule has 0 fully saturated rings. The van der Waals surface area contributed by atoms with Crippen molar-refractivity contribution in [1.82, 2.24) is 10.3 Å². The average molecular weight is 285 g/mol. The monoisotopic (exact) mass is 285 g/mol. The first-order valence-electron chi connectivity index (χ1n) is 6.82. The van der Waals surface area contributed by atoms with Gasteiger partial charge in [-0.3, -0.25) is 9.78 Å². The van der Waals surface area contributed by atoms with E-state index in [1.54, 1.807) is 18.3 Å². The maximum atomic E-state index is 11.9. The molecular weight excluding hydrogens is 266 g/mol. The number of aromatic nitrogens is 1. The quantitative estimate of drug-likeness (QED) is 0.726. The van der Waals surface area contributed by atoms with Crippen LogP contribution in [-0.4, -0.2) is 28.1 Å². The summed E-state index contributed by atoms with van der Waals surface area (Å²) in [6.07, 6.45) is 0.854. The predicted molar refractivity (Wildman–Crippen MR) is 80.2 cm³/mol. The molecule has 0 unspecified atom stereocenters. The number of aliphatic hydroxyl groups excluding tert-OH is 1. The third-order valence-electron chi connectivity index (χ3n) is 3.16. The molecule has 0 aliphatic rings. The molecule has 2 rings (SSSR count). The molecule has 2 atom stereocenters. The van der Waals surface area contributed by atoms with Gasteiger partial charge in [-0.05, 0) is 24.1 Å². The topological polar surface area (TPSA) is 88.2 Å². The normalized spacial score (nSPS) is 13.4. The zero-order chi connectivity index (χ0) is 15.1. The van der Waals surface area contributed by atoms with Gasteiger partial charge in [-0.15, -0.1) is 0 Å². The van der Waals surface area contributed by atoms with Crippen LogP contribution in [0.25, 0.3) is 0 Å². The lowest BCUT2D eigenvalue weighted by molar-refractivity contribution is -0.130. The van der Waals surface area contributed by atoms with Crippen molar-refractivity contribution in [3.63, 3.8) is 0 Å². The molecule has 2 aromatic rings. The summed E-state index contributed by atoms with van der Waals surface area (Å²) < 4.78 is 0. The highest BCUT2D eigenvalue weighted by Gasteiger charge is 2.22.